The number of rotatable bonds is 6. The van der Waals surface area contributed by atoms with Crippen molar-refractivity contribution in [3.63, 3.8) is 0 Å². The van der Waals surface area contributed by atoms with Crippen LogP contribution >= 0.6 is 0 Å². The molecule has 3 amide bonds. The van der Waals surface area contributed by atoms with Crippen LogP contribution in [0, 0.1) is 5.41 Å². The van der Waals surface area contributed by atoms with Crippen molar-refractivity contribution >= 4 is 29.3 Å². The zero-order chi connectivity index (χ0) is 27.1. The molecule has 204 valence electrons. The van der Waals surface area contributed by atoms with E-state index in [2.05, 4.69) is 36.3 Å². The van der Waals surface area contributed by atoms with Crippen molar-refractivity contribution in [2.45, 2.75) is 33.8 Å². The summed E-state index contributed by atoms with van der Waals surface area (Å²) in [6.45, 7) is 11.7. The topological polar surface area (TPSA) is 94.2 Å². The molecular formula is C29H39N5O4. The SMILES string of the molecule is CC(C)(C)CC(=O)N1CCN(c2ccc(C(=O)N3CCNCC3)cc2NC(=O)OCc2ccccc2)CC1. The minimum Gasteiger partial charge on any atom is -0.444 e. The maximum Gasteiger partial charge on any atom is 0.412 e. The number of nitrogens with zero attached hydrogens (tertiary/aromatic N) is 3. The third-order valence-electron chi connectivity index (χ3n) is 6.75. The fourth-order valence-corrected chi connectivity index (χ4v) is 4.73. The highest BCUT2D eigenvalue weighted by Crippen LogP contribution is 2.30. The Labute approximate surface area is 225 Å². The van der Waals surface area contributed by atoms with E-state index in [1.54, 1.807) is 6.07 Å². The summed E-state index contributed by atoms with van der Waals surface area (Å²) in [6.07, 6.45) is -0.0727. The van der Waals surface area contributed by atoms with Gasteiger partial charge < -0.3 is 24.8 Å². The van der Waals surface area contributed by atoms with Crippen LogP contribution in [-0.2, 0) is 16.1 Å². The predicted molar refractivity (Wildman–Crippen MR) is 148 cm³/mol. The normalized spacial score (nSPS) is 16.2. The molecule has 0 unspecified atom stereocenters. The van der Waals surface area contributed by atoms with E-state index >= 15 is 0 Å². The highest BCUT2D eigenvalue weighted by Gasteiger charge is 2.27. The first-order valence-electron chi connectivity index (χ1n) is 13.3. The van der Waals surface area contributed by atoms with Crippen LogP contribution in [0.3, 0.4) is 0 Å². The molecule has 0 atom stereocenters. The van der Waals surface area contributed by atoms with Crippen molar-refractivity contribution in [3.8, 4) is 0 Å². The molecule has 38 heavy (non-hydrogen) atoms. The van der Waals surface area contributed by atoms with Crippen molar-refractivity contribution in [3.05, 3.63) is 59.7 Å². The highest BCUT2D eigenvalue weighted by atomic mass is 16.5. The van der Waals surface area contributed by atoms with Crippen LogP contribution in [0.15, 0.2) is 48.5 Å². The Morgan fingerprint density at radius 3 is 2.24 bits per heavy atom. The number of hydrogen-bond acceptors (Lipinski definition) is 6. The average molecular weight is 522 g/mol. The molecule has 0 bridgehead atoms. The largest absolute Gasteiger partial charge is 0.444 e. The molecule has 2 N–H and O–H groups in total. The zero-order valence-electron chi connectivity index (χ0n) is 22.7. The Hall–Kier alpha value is -3.59. The van der Waals surface area contributed by atoms with E-state index in [9.17, 15) is 14.4 Å². The standard InChI is InChI=1S/C29H39N5O4/c1-29(2,3)20-26(35)33-17-15-32(16-18-33)25-10-9-23(27(36)34-13-11-30-12-14-34)19-24(25)31-28(37)38-21-22-7-5-4-6-8-22/h4-10,19,30H,11-18,20-21H2,1-3H3,(H,31,37). The van der Waals surface area contributed by atoms with Gasteiger partial charge in [0.1, 0.15) is 6.61 Å². The number of amides is 3. The summed E-state index contributed by atoms with van der Waals surface area (Å²) in [7, 11) is 0. The number of hydrogen-bond donors (Lipinski definition) is 2. The van der Waals surface area contributed by atoms with Crippen molar-refractivity contribution in [2.75, 3.05) is 62.6 Å². The van der Waals surface area contributed by atoms with Gasteiger partial charge in [0, 0.05) is 64.3 Å². The number of anilines is 2. The maximum atomic E-state index is 13.2. The molecule has 0 aromatic heterocycles. The van der Waals surface area contributed by atoms with Crippen LogP contribution in [0.5, 0.6) is 0 Å². The van der Waals surface area contributed by atoms with E-state index in [0.29, 0.717) is 56.9 Å². The van der Waals surface area contributed by atoms with Crippen LogP contribution in [0.2, 0.25) is 0 Å². The first-order chi connectivity index (χ1) is 18.2. The lowest BCUT2D eigenvalue weighted by atomic mass is 9.91. The van der Waals surface area contributed by atoms with Gasteiger partial charge in [0.15, 0.2) is 0 Å². The fraction of sp³-hybridized carbons (Fsp3) is 0.483. The van der Waals surface area contributed by atoms with Gasteiger partial charge in [-0.3, -0.25) is 14.9 Å². The molecule has 9 nitrogen and oxygen atoms in total. The van der Waals surface area contributed by atoms with E-state index in [1.165, 1.54) is 0 Å². The molecule has 2 aromatic rings. The third-order valence-corrected chi connectivity index (χ3v) is 6.75. The van der Waals surface area contributed by atoms with Crippen molar-refractivity contribution in [1.29, 1.82) is 0 Å². The summed E-state index contributed by atoms with van der Waals surface area (Å²) in [5.74, 6) is 0.105. The molecular weight excluding hydrogens is 482 g/mol. The zero-order valence-corrected chi connectivity index (χ0v) is 22.7. The lowest BCUT2D eigenvalue weighted by Crippen LogP contribution is -2.49. The second-order valence-corrected chi connectivity index (χ2v) is 11.1. The minimum atomic E-state index is -0.583. The summed E-state index contributed by atoms with van der Waals surface area (Å²) >= 11 is 0. The smallest absolute Gasteiger partial charge is 0.412 e. The van der Waals surface area contributed by atoms with Gasteiger partial charge in [-0.15, -0.1) is 0 Å². The molecule has 2 heterocycles. The van der Waals surface area contributed by atoms with Crippen LogP contribution in [0.25, 0.3) is 0 Å². The van der Waals surface area contributed by atoms with Gasteiger partial charge in [-0.05, 0) is 29.2 Å². The van der Waals surface area contributed by atoms with E-state index in [0.717, 1.165) is 24.3 Å². The maximum absolute atomic E-state index is 13.2. The molecule has 4 rings (SSSR count). The second-order valence-electron chi connectivity index (χ2n) is 11.1. The number of carbonyl (C=O) groups excluding carboxylic acids is 3. The van der Waals surface area contributed by atoms with Gasteiger partial charge in [0.25, 0.3) is 5.91 Å². The minimum absolute atomic E-state index is 0.0573. The van der Waals surface area contributed by atoms with Gasteiger partial charge >= 0.3 is 6.09 Å². The quantitative estimate of drug-likeness (QED) is 0.604. The van der Waals surface area contributed by atoms with Crippen LogP contribution in [0.1, 0.15) is 43.1 Å². The number of nitrogens with one attached hydrogen (secondary N) is 2. The van der Waals surface area contributed by atoms with Crippen LogP contribution in [0.4, 0.5) is 16.2 Å². The molecule has 0 aliphatic carbocycles. The van der Waals surface area contributed by atoms with Crippen LogP contribution in [-0.4, -0.2) is 80.1 Å². The second kappa shape index (κ2) is 12.3. The van der Waals surface area contributed by atoms with Gasteiger partial charge in [0.05, 0.1) is 11.4 Å². The van der Waals surface area contributed by atoms with E-state index < -0.39 is 6.09 Å². The Balaban J connectivity index is 1.48. The molecule has 0 spiro atoms. The molecule has 0 radical (unpaired) electrons. The lowest BCUT2D eigenvalue weighted by Gasteiger charge is -2.38. The third kappa shape index (κ3) is 7.47. The first kappa shape index (κ1) is 27.4. The fourth-order valence-electron chi connectivity index (χ4n) is 4.73. The molecule has 2 aliphatic heterocycles. The Kier molecular flexibility index (Phi) is 8.89. The molecule has 2 fully saturated rings. The van der Waals surface area contributed by atoms with Gasteiger partial charge in [-0.2, -0.15) is 0 Å². The predicted octanol–water partition coefficient (Wildman–Crippen LogP) is 3.57. The van der Waals surface area contributed by atoms with E-state index in [-0.39, 0.29) is 23.8 Å². The monoisotopic (exact) mass is 521 g/mol. The number of benzene rings is 2. The van der Waals surface area contributed by atoms with Crippen molar-refractivity contribution in [2.24, 2.45) is 5.41 Å². The first-order valence-corrected chi connectivity index (χ1v) is 13.3. The summed E-state index contributed by atoms with van der Waals surface area (Å²) in [5.41, 5.74) is 2.69. The highest BCUT2D eigenvalue weighted by molar-refractivity contribution is 5.98. The lowest BCUT2D eigenvalue weighted by molar-refractivity contribution is -0.133. The summed E-state index contributed by atoms with van der Waals surface area (Å²) in [5, 5.41) is 6.13. The molecule has 2 aliphatic rings. The molecule has 2 aromatic carbocycles. The summed E-state index contributed by atoms with van der Waals surface area (Å²) < 4.78 is 5.46. The average Bonchev–Trinajstić information content (AvgIpc) is 2.92. The number of ether oxygens (including phenoxy) is 1. The molecule has 0 saturated carbocycles. The molecule has 2 saturated heterocycles. The number of piperazine rings is 2. The van der Waals surface area contributed by atoms with Gasteiger partial charge in [-0.1, -0.05) is 51.1 Å². The van der Waals surface area contributed by atoms with Gasteiger partial charge in [0.2, 0.25) is 5.91 Å². The van der Waals surface area contributed by atoms with E-state index in [1.807, 2.05) is 52.3 Å². The Morgan fingerprint density at radius 1 is 0.895 bits per heavy atom. The Morgan fingerprint density at radius 2 is 1.58 bits per heavy atom. The van der Waals surface area contributed by atoms with Crippen molar-refractivity contribution < 1.29 is 19.1 Å². The van der Waals surface area contributed by atoms with Crippen LogP contribution < -0.4 is 15.5 Å². The van der Waals surface area contributed by atoms with Gasteiger partial charge in [-0.25, -0.2) is 4.79 Å². The summed E-state index contributed by atoms with van der Waals surface area (Å²) in [6, 6.07) is 14.9. The van der Waals surface area contributed by atoms with Crippen molar-refractivity contribution in [1.82, 2.24) is 15.1 Å². The van der Waals surface area contributed by atoms with E-state index in [4.69, 9.17) is 4.74 Å². The number of carbonyl (C=O) groups is 3. The molecule has 9 heteroatoms. The Bertz CT molecular complexity index is 1120. The summed E-state index contributed by atoms with van der Waals surface area (Å²) in [4.78, 5) is 44.5.